The van der Waals surface area contributed by atoms with Gasteiger partial charge in [0.05, 0.1) is 18.6 Å². The van der Waals surface area contributed by atoms with E-state index in [2.05, 4.69) is 13.0 Å². The fourth-order valence-electron chi connectivity index (χ4n) is 3.98. The molecule has 0 aromatic heterocycles. The maximum atomic E-state index is 12.0. The number of aliphatic hydroxyl groups is 1. The van der Waals surface area contributed by atoms with Crippen molar-refractivity contribution < 1.29 is 14.6 Å². The van der Waals surface area contributed by atoms with Crippen LogP contribution < -0.4 is 0 Å². The molecular formula is C13H16O3. The van der Waals surface area contributed by atoms with Gasteiger partial charge in [-0.3, -0.25) is 4.79 Å². The average Bonchev–Trinajstić information content (AvgIpc) is 2.88. The Balaban J connectivity index is 2.10. The topological polar surface area (TPSA) is 46.5 Å². The SMILES string of the molecule is COC(=O)[C@@]12C=C[C@H](O)C1[C@H]1C[C@@H]2C=C1C. The fraction of sp³-hybridized carbons (Fsp3) is 0.615. The zero-order valence-corrected chi connectivity index (χ0v) is 9.51. The average molecular weight is 220 g/mol. The highest BCUT2D eigenvalue weighted by molar-refractivity contribution is 5.82. The van der Waals surface area contributed by atoms with Crippen molar-refractivity contribution in [3.05, 3.63) is 23.8 Å². The minimum atomic E-state index is -0.585. The summed E-state index contributed by atoms with van der Waals surface area (Å²) in [6.45, 7) is 2.09. The molecule has 2 bridgehead atoms. The van der Waals surface area contributed by atoms with E-state index in [0.29, 0.717) is 5.92 Å². The van der Waals surface area contributed by atoms with Crippen LogP contribution in [0.5, 0.6) is 0 Å². The molecule has 16 heavy (non-hydrogen) atoms. The third-order valence-electron chi connectivity index (χ3n) is 4.63. The summed E-state index contributed by atoms with van der Waals surface area (Å²) in [5, 5.41) is 10.0. The number of fused-ring (bicyclic) bond motifs is 5. The molecule has 1 N–H and O–H groups in total. The lowest BCUT2D eigenvalue weighted by molar-refractivity contribution is -0.154. The van der Waals surface area contributed by atoms with Crippen LogP contribution >= 0.6 is 0 Å². The summed E-state index contributed by atoms with van der Waals surface area (Å²) in [4.78, 5) is 12.0. The molecule has 0 aromatic rings. The minimum absolute atomic E-state index is 0.00468. The summed E-state index contributed by atoms with van der Waals surface area (Å²) < 4.78 is 4.94. The first-order chi connectivity index (χ1) is 7.61. The predicted octanol–water partition coefficient (Wildman–Crippen LogP) is 1.29. The molecule has 3 aliphatic rings. The van der Waals surface area contributed by atoms with E-state index in [1.807, 2.05) is 6.08 Å². The zero-order valence-electron chi connectivity index (χ0n) is 9.51. The zero-order chi connectivity index (χ0) is 11.5. The largest absolute Gasteiger partial charge is 0.468 e. The Bertz CT molecular complexity index is 409. The van der Waals surface area contributed by atoms with Gasteiger partial charge in [-0.25, -0.2) is 0 Å². The number of allylic oxidation sites excluding steroid dienone is 2. The second-order valence-electron chi connectivity index (χ2n) is 5.16. The molecule has 1 fully saturated rings. The number of hydrogen-bond acceptors (Lipinski definition) is 3. The maximum absolute atomic E-state index is 12.0. The lowest BCUT2D eigenvalue weighted by Crippen LogP contribution is -2.43. The molecule has 3 rings (SSSR count). The highest BCUT2D eigenvalue weighted by atomic mass is 16.5. The lowest BCUT2D eigenvalue weighted by atomic mass is 9.68. The van der Waals surface area contributed by atoms with Crippen molar-refractivity contribution in [2.24, 2.45) is 23.2 Å². The number of rotatable bonds is 1. The van der Waals surface area contributed by atoms with Crippen LogP contribution in [0.3, 0.4) is 0 Å². The van der Waals surface area contributed by atoms with Gasteiger partial charge in [-0.2, -0.15) is 0 Å². The molecule has 0 aliphatic heterocycles. The molecule has 3 aliphatic carbocycles. The first-order valence-electron chi connectivity index (χ1n) is 5.75. The molecule has 0 amide bonds. The molecule has 0 aromatic carbocycles. The van der Waals surface area contributed by atoms with Gasteiger partial charge in [0, 0.05) is 5.92 Å². The Hall–Kier alpha value is -1.09. The molecule has 0 heterocycles. The molecule has 0 saturated heterocycles. The summed E-state index contributed by atoms with van der Waals surface area (Å²) in [7, 11) is 1.43. The van der Waals surface area contributed by atoms with Gasteiger partial charge in [0.1, 0.15) is 0 Å². The van der Waals surface area contributed by atoms with Gasteiger partial charge in [-0.05, 0) is 25.2 Å². The molecule has 0 radical (unpaired) electrons. The second-order valence-corrected chi connectivity index (χ2v) is 5.16. The Kier molecular flexibility index (Phi) is 1.88. The first-order valence-corrected chi connectivity index (χ1v) is 5.75. The Morgan fingerprint density at radius 1 is 1.62 bits per heavy atom. The van der Waals surface area contributed by atoms with E-state index in [1.165, 1.54) is 12.7 Å². The van der Waals surface area contributed by atoms with Gasteiger partial charge in [0.25, 0.3) is 0 Å². The van der Waals surface area contributed by atoms with Gasteiger partial charge in [0.2, 0.25) is 0 Å². The number of carbonyl (C=O) groups is 1. The fourth-order valence-corrected chi connectivity index (χ4v) is 3.98. The lowest BCUT2D eigenvalue weighted by Gasteiger charge is -2.35. The van der Waals surface area contributed by atoms with Crippen molar-refractivity contribution >= 4 is 5.97 Å². The van der Waals surface area contributed by atoms with Gasteiger partial charge >= 0.3 is 5.97 Å². The summed E-state index contributed by atoms with van der Waals surface area (Å²) in [5.74, 6) is 0.356. The molecule has 3 heteroatoms. The van der Waals surface area contributed by atoms with E-state index in [4.69, 9.17) is 4.74 Å². The highest BCUT2D eigenvalue weighted by Gasteiger charge is 2.65. The number of aliphatic hydroxyl groups excluding tert-OH is 1. The predicted molar refractivity (Wildman–Crippen MR) is 58.4 cm³/mol. The standard InChI is InChI=1S/C13H16O3/c1-7-5-8-6-9(7)11-10(14)3-4-13(8,11)12(15)16-2/h3-5,8-11,14H,6H2,1-2H3/t8-,9-,10-,11?,13+/m0/s1. The third kappa shape index (κ3) is 0.908. The van der Waals surface area contributed by atoms with Gasteiger partial charge in [-0.15, -0.1) is 0 Å². The van der Waals surface area contributed by atoms with Gasteiger partial charge in [0.15, 0.2) is 0 Å². The van der Waals surface area contributed by atoms with E-state index >= 15 is 0 Å². The van der Waals surface area contributed by atoms with Crippen molar-refractivity contribution in [2.75, 3.05) is 7.11 Å². The first kappa shape index (κ1) is 10.1. The third-order valence-corrected chi connectivity index (χ3v) is 4.63. The molecule has 0 spiro atoms. The van der Waals surface area contributed by atoms with Crippen molar-refractivity contribution in [2.45, 2.75) is 19.4 Å². The quantitative estimate of drug-likeness (QED) is 0.535. The van der Waals surface area contributed by atoms with E-state index in [0.717, 1.165) is 6.42 Å². The van der Waals surface area contributed by atoms with Gasteiger partial charge in [-0.1, -0.05) is 23.8 Å². The molecular weight excluding hydrogens is 204 g/mol. The van der Waals surface area contributed by atoms with E-state index in [9.17, 15) is 9.90 Å². The number of methoxy groups -OCH3 is 1. The van der Waals surface area contributed by atoms with Crippen LogP contribution in [0.2, 0.25) is 0 Å². The van der Waals surface area contributed by atoms with Crippen molar-refractivity contribution in [1.29, 1.82) is 0 Å². The summed E-state index contributed by atoms with van der Waals surface area (Å²) in [6.07, 6.45) is 6.29. The Morgan fingerprint density at radius 2 is 2.38 bits per heavy atom. The van der Waals surface area contributed by atoms with Crippen LogP contribution in [-0.4, -0.2) is 24.3 Å². The molecule has 1 saturated carbocycles. The van der Waals surface area contributed by atoms with Crippen LogP contribution in [0.4, 0.5) is 0 Å². The molecule has 5 atom stereocenters. The monoisotopic (exact) mass is 220 g/mol. The minimum Gasteiger partial charge on any atom is -0.468 e. The van der Waals surface area contributed by atoms with Gasteiger partial charge < -0.3 is 9.84 Å². The number of ether oxygens (including phenoxy) is 1. The smallest absolute Gasteiger partial charge is 0.316 e. The van der Waals surface area contributed by atoms with E-state index in [-0.39, 0.29) is 17.8 Å². The van der Waals surface area contributed by atoms with Crippen LogP contribution in [0.15, 0.2) is 23.8 Å². The van der Waals surface area contributed by atoms with Crippen LogP contribution in [-0.2, 0) is 9.53 Å². The molecule has 86 valence electrons. The normalized spacial score (nSPS) is 48.1. The number of esters is 1. The van der Waals surface area contributed by atoms with Crippen molar-refractivity contribution in [3.8, 4) is 0 Å². The van der Waals surface area contributed by atoms with Crippen LogP contribution in [0.1, 0.15) is 13.3 Å². The van der Waals surface area contributed by atoms with E-state index < -0.39 is 11.5 Å². The summed E-state index contributed by atoms with van der Waals surface area (Å²) in [6, 6.07) is 0. The Labute approximate surface area is 94.8 Å². The second kappa shape index (κ2) is 2.98. The summed E-state index contributed by atoms with van der Waals surface area (Å²) in [5.41, 5.74) is 0.732. The molecule has 3 nitrogen and oxygen atoms in total. The maximum Gasteiger partial charge on any atom is 0.316 e. The Morgan fingerprint density at radius 3 is 3.06 bits per heavy atom. The summed E-state index contributed by atoms with van der Waals surface area (Å²) >= 11 is 0. The van der Waals surface area contributed by atoms with Crippen LogP contribution in [0.25, 0.3) is 0 Å². The van der Waals surface area contributed by atoms with Crippen molar-refractivity contribution in [3.63, 3.8) is 0 Å². The van der Waals surface area contributed by atoms with Crippen molar-refractivity contribution in [1.82, 2.24) is 0 Å². The highest BCUT2D eigenvalue weighted by Crippen LogP contribution is 2.63. The van der Waals surface area contributed by atoms with Crippen LogP contribution in [0, 0.1) is 23.2 Å². The number of hydrogen-bond donors (Lipinski definition) is 1. The number of carbonyl (C=O) groups excluding carboxylic acids is 1. The molecule has 1 unspecified atom stereocenters. The van der Waals surface area contributed by atoms with E-state index in [1.54, 1.807) is 6.08 Å².